The quantitative estimate of drug-likeness (QED) is 0.184. The van der Waals surface area contributed by atoms with Gasteiger partial charge >= 0.3 is 0 Å². The molecule has 3 nitrogen and oxygen atoms in total. The van der Waals surface area contributed by atoms with Crippen LogP contribution in [0.2, 0.25) is 0 Å². The number of nitrogens with zero attached hydrogens (tertiary/aromatic N) is 3. The highest BCUT2D eigenvalue weighted by Gasteiger charge is 2.38. The molecule has 3 heteroatoms. The predicted molar refractivity (Wildman–Crippen MR) is 216 cm³/mol. The van der Waals surface area contributed by atoms with E-state index in [2.05, 4.69) is 188 Å². The highest BCUT2D eigenvalue weighted by molar-refractivity contribution is 6.13. The Hall–Kier alpha value is -6.19. The van der Waals surface area contributed by atoms with E-state index in [0.717, 1.165) is 33.8 Å². The summed E-state index contributed by atoms with van der Waals surface area (Å²) in [7, 11) is 0. The van der Waals surface area contributed by atoms with Gasteiger partial charge in [-0.2, -0.15) is 0 Å². The van der Waals surface area contributed by atoms with Crippen molar-refractivity contribution in [3.8, 4) is 45.0 Å². The van der Waals surface area contributed by atoms with Crippen molar-refractivity contribution < 1.29 is 0 Å². The monoisotopic (exact) mass is 667 g/mol. The number of imidazole rings is 1. The van der Waals surface area contributed by atoms with Gasteiger partial charge in [-0.15, -0.1) is 0 Å². The van der Waals surface area contributed by atoms with E-state index in [0.29, 0.717) is 0 Å². The minimum absolute atomic E-state index is 0.0930. The van der Waals surface area contributed by atoms with Crippen molar-refractivity contribution in [1.82, 2.24) is 14.1 Å². The number of hydrogen-bond acceptors (Lipinski definition) is 1. The maximum absolute atomic E-state index is 5.10. The second-order valence-electron chi connectivity index (χ2n) is 15.6. The predicted octanol–water partition coefficient (Wildman–Crippen LogP) is 12.4. The summed E-state index contributed by atoms with van der Waals surface area (Å²) in [6.45, 7) is 9.50. The van der Waals surface area contributed by atoms with Crippen molar-refractivity contribution in [2.24, 2.45) is 0 Å². The molecule has 9 aromatic rings. The first-order valence-electron chi connectivity index (χ1n) is 18.3. The van der Waals surface area contributed by atoms with Crippen LogP contribution >= 0.6 is 0 Å². The number of fused-ring (bicyclic) bond motifs is 10. The molecule has 0 saturated heterocycles. The van der Waals surface area contributed by atoms with Crippen LogP contribution in [-0.2, 0) is 10.8 Å². The highest BCUT2D eigenvalue weighted by Crippen LogP contribution is 2.54. The summed E-state index contributed by atoms with van der Waals surface area (Å²) in [5.74, 6) is 0.945. The van der Waals surface area contributed by atoms with Crippen molar-refractivity contribution in [3.63, 3.8) is 0 Å². The van der Waals surface area contributed by atoms with E-state index < -0.39 is 0 Å². The largest absolute Gasteiger partial charge is 0.309 e. The van der Waals surface area contributed by atoms with E-state index in [1.807, 2.05) is 0 Å². The summed E-state index contributed by atoms with van der Waals surface area (Å²) in [6.07, 6.45) is 0. The molecule has 248 valence electrons. The Morgan fingerprint density at radius 3 is 1.46 bits per heavy atom. The van der Waals surface area contributed by atoms with Crippen LogP contribution < -0.4 is 0 Å². The molecule has 2 aromatic heterocycles. The van der Waals surface area contributed by atoms with Gasteiger partial charge in [0, 0.05) is 38.5 Å². The molecule has 2 heterocycles. The van der Waals surface area contributed by atoms with Gasteiger partial charge in [0.25, 0.3) is 0 Å². The van der Waals surface area contributed by atoms with Crippen LogP contribution in [0.5, 0.6) is 0 Å². The van der Waals surface area contributed by atoms with Gasteiger partial charge in [0.15, 0.2) is 0 Å². The summed E-state index contributed by atoms with van der Waals surface area (Å²) in [6, 6.07) is 55.9. The van der Waals surface area contributed by atoms with Crippen molar-refractivity contribution >= 4 is 32.8 Å². The molecule has 0 amide bonds. The molecule has 0 radical (unpaired) electrons. The van der Waals surface area contributed by atoms with E-state index in [9.17, 15) is 0 Å². The minimum atomic E-state index is -0.0930. The molecule has 0 N–H and O–H groups in total. The van der Waals surface area contributed by atoms with Gasteiger partial charge in [-0.25, -0.2) is 4.98 Å². The summed E-state index contributed by atoms with van der Waals surface area (Å²) in [5, 5.41) is 2.59. The topological polar surface area (TPSA) is 22.8 Å². The van der Waals surface area contributed by atoms with Crippen molar-refractivity contribution in [2.45, 2.75) is 38.5 Å². The molecule has 2 aliphatic rings. The van der Waals surface area contributed by atoms with E-state index in [1.165, 1.54) is 66.3 Å². The van der Waals surface area contributed by atoms with Crippen LogP contribution in [-0.4, -0.2) is 14.1 Å². The van der Waals surface area contributed by atoms with Crippen LogP contribution in [0.25, 0.3) is 77.9 Å². The first-order chi connectivity index (χ1) is 25.3. The molecule has 7 aromatic carbocycles. The van der Waals surface area contributed by atoms with Crippen LogP contribution in [0.4, 0.5) is 0 Å². The number of benzene rings is 7. The Labute approximate surface area is 303 Å². The van der Waals surface area contributed by atoms with Gasteiger partial charge < -0.3 is 4.57 Å². The van der Waals surface area contributed by atoms with Gasteiger partial charge in [-0.1, -0.05) is 119 Å². The van der Waals surface area contributed by atoms with Crippen LogP contribution in [0.15, 0.2) is 152 Å². The fourth-order valence-electron chi connectivity index (χ4n) is 9.50. The number of hydrogen-bond donors (Lipinski definition) is 0. The number of para-hydroxylation sites is 2. The Morgan fingerprint density at radius 2 is 0.885 bits per heavy atom. The van der Waals surface area contributed by atoms with E-state index in [-0.39, 0.29) is 10.8 Å². The molecule has 0 fully saturated rings. The molecule has 0 unspecified atom stereocenters. The maximum atomic E-state index is 5.10. The van der Waals surface area contributed by atoms with E-state index in [4.69, 9.17) is 4.98 Å². The van der Waals surface area contributed by atoms with Crippen molar-refractivity contribution in [1.29, 1.82) is 0 Å². The molecule has 0 atom stereocenters. The standard InChI is InChI=1S/C49H37N3/c1-48(2)39-18-10-8-16-33(39)35-26-37-38-27-36-34-17-9-11-19-40(34)49(3,4)42(36)29-46(38)51(45(37)28-41(35)48)31-22-24-32(25-23-31)52-44-21-13-12-20-43(44)50-47(52)30-14-6-5-7-15-30/h5-29H,1-4H3. The lowest BCUT2D eigenvalue weighted by Crippen LogP contribution is -2.15. The molecule has 0 aliphatic heterocycles. The zero-order valence-corrected chi connectivity index (χ0v) is 29.8. The Morgan fingerprint density at radius 1 is 0.404 bits per heavy atom. The Bertz CT molecular complexity index is 2810. The van der Waals surface area contributed by atoms with Crippen LogP contribution in [0.1, 0.15) is 49.9 Å². The van der Waals surface area contributed by atoms with E-state index in [1.54, 1.807) is 0 Å². The zero-order valence-electron chi connectivity index (χ0n) is 29.8. The SMILES string of the molecule is CC1(C)c2ccccc2-c2cc3c4cc5c(cc4n(-c4ccc(-n6c(-c7ccccc7)nc7ccccc76)cc4)c3cc21)C(C)(C)c1ccccc1-5. The average Bonchev–Trinajstić information content (AvgIpc) is 3.85. The van der Waals surface area contributed by atoms with Gasteiger partial charge in [0.1, 0.15) is 5.82 Å². The summed E-state index contributed by atoms with van der Waals surface area (Å²) < 4.78 is 4.80. The van der Waals surface area contributed by atoms with E-state index >= 15 is 0 Å². The van der Waals surface area contributed by atoms with Crippen LogP contribution in [0.3, 0.4) is 0 Å². The first-order valence-corrected chi connectivity index (χ1v) is 18.3. The molecular formula is C49H37N3. The lowest BCUT2D eigenvalue weighted by molar-refractivity contribution is 0.660. The van der Waals surface area contributed by atoms with Gasteiger partial charge in [-0.3, -0.25) is 4.57 Å². The lowest BCUT2D eigenvalue weighted by atomic mass is 9.82. The molecule has 0 spiro atoms. The summed E-state index contributed by atoms with van der Waals surface area (Å²) >= 11 is 0. The Balaban J connectivity index is 1.18. The van der Waals surface area contributed by atoms with Gasteiger partial charge in [-0.05, 0) is 105 Å². The maximum Gasteiger partial charge on any atom is 0.145 e. The third-order valence-corrected chi connectivity index (χ3v) is 12.1. The van der Waals surface area contributed by atoms with Gasteiger partial charge in [0.05, 0.1) is 22.1 Å². The second kappa shape index (κ2) is 10.2. The summed E-state index contributed by atoms with van der Waals surface area (Å²) in [4.78, 5) is 5.10. The highest BCUT2D eigenvalue weighted by atomic mass is 15.1. The fraction of sp³-hybridized carbons (Fsp3) is 0.122. The first kappa shape index (κ1) is 29.5. The Kier molecular flexibility index (Phi) is 5.79. The second-order valence-corrected chi connectivity index (χ2v) is 15.6. The minimum Gasteiger partial charge on any atom is -0.309 e. The smallest absolute Gasteiger partial charge is 0.145 e. The molecule has 11 rings (SSSR count). The van der Waals surface area contributed by atoms with Crippen molar-refractivity contribution in [2.75, 3.05) is 0 Å². The number of aromatic nitrogens is 3. The molecule has 2 aliphatic carbocycles. The third kappa shape index (κ3) is 3.83. The molecule has 0 saturated carbocycles. The third-order valence-electron chi connectivity index (χ3n) is 12.1. The number of rotatable bonds is 3. The average molecular weight is 668 g/mol. The zero-order chi connectivity index (χ0) is 34.9. The van der Waals surface area contributed by atoms with Crippen molar-refractivity contribution in [3.05, 3.63) is 174 Å². The summed E-state index contributed by atoms with van der Waals surface area (Å²) in [5.41, 5.74) is 18.7. The molecular weight excluding hydrogens is 631 g/mol. The molecule has 52 heavy (non-hydrogen) atoms. The van der Waals surface area contributed by atoms with Crippen LogP contribution in [0, 0.1) is 0 Å². The fourth-order valence-corrected chi connectivity index (χ4v) is 9.50. The molecule has 0 bridgehead atoms. The lowest BCUT2D eigenvalue weighted by Gasteiger charge is -2.22. The normalized spacial score (nSPS) is 14.8. The van der Waals surface area contributed by atoms with Gasteiger partial charge in [0.2, 0.25) is 0 Å².